The van der Waals surface area contributed by atoms with E-state index in [1.54, 1.807) is 22.5 Å². The van der Waals surface area contributed by atoms with Crippen LogP contribution in [-0.2, 0) is 0 Å². The minimum absolute atomic E-state index is 0.0660. The molecule has 0 aliphatic carbocycles. The second-order valence-corrected chi connectivity index (χ2v) is 5.74. The summed E-state index contributed by atoms with van der Waals surface area (Å²) in [6.07, 6.45) is 2.50. The third-order valence-corrected chi connectivity index (χ3v) is 3.85. The van der Waals surface area contributed by atoms with Crippen molar-refractivity contribution in [2.75, 3.05) is 42.3 Å². The second-order valence-electron chi connectivity index (χ2n) is 4.31. The molecule has 0 aliphatic rings. The van der Waals surface area contributed by atoms with Crippen molar-refractivity contribution in [3.8, 4) is 0 Å². The fourth-order valence-corrected chi connectivity index (χ4v) is 2.70. The van der Waals surface area contributed by atoms with Crippen molar-refractivity contribution < 1.29 is 0 Å². The van der Waals surface area contributed by atoms with Gasteiger partial charge >= 0.3 is 103 Å². The standard InChI is InChI=1S/C10H24N3.Sn/c1-8-9-10(11(2)3,12(4)5)13(6)7;/h1,8-9H2,2-7H3;. The molecule has 0 aliphatic heterocycles. The monoisotopic (exact) mass is 306 g/mol. The Balaban J connectivity index is 4.76. The van der Waals surface area contributed by atoms with Gasteiger partial charge in [0.2, 0.25) is 0 Å². The molecule has 0 unspecified atom stereocenters. The van der Waals surface area contributed by atoms with E-state index in [0.717, 1.165) is 0 Å². The summed E-state index contributed by atoms with van der Waals surface area (Å²) in [6, 6.07) is 0. The molecular weight excluding hydrogens is 281 g/mol. The molecule has 0 spiro atoms. The molecule has 0 bridgehead atoms. The van der Waals surface area contributed by atoms with Gasteiger partial charge in [0.05, 0.1) is 0 Å². The Morgan fingerprint density at radius 2 is 1.21 bits per heavy atom. The summed E-state index contributed by atoms with van der Waals surface area (Å²) < 4.78 is 1.34. The average Bonchev–Trinajstić information content (AvgIpc) is 2.03. The van der Waals surface area contributed by atoms with Crippen molar-refractivity contribution >= 4 is 22.5 Å². The zero-order valence-electron chi connectivity index (χ0n) is 10.5. The summed E-state index contributed by atoms with van der Waals surface area (Å²) in [5.74, 6) is 0.0660. The Bertz CT molecular complexity index is 136. The number of hydrogen-bond acceptors (Lipinski definition) is 3. The van der Waals surface area contributed by atoms with Crippen molar-refractivity contribution in [3.63, 3.8) is 0 Å². The Morgan fingerprint density at radius 3 is 1.43 bits per heavy atom. The van der Waals surface area contributed by atoms with Crippen LogP contribution < -0.4 is 0 Å². The maximum atomic E-state index is 2.30. The van der Waals surface area contributed by atoms with Gasteiger partial charge in [-0.05, 0) is 0 Å². The van der Waals surface area contributed by atoms with E-state index in [4.69, 9.17) is 0 Å². The normalized spacial score (nSPS) is 13.3. The molecule has 4 heteroatoms. The molecule has 83 valence electrons. The molecule has 0 atom stereocenters. The van der Waals surface area contributed by atoms with Crippen molar-refractivity contribution in [2.24, 2.45) is 0 Å². The van der Waals surface area contributed by atoms with E-state index in [1.165, 1.54) is 17.3 Å². The fraction of sp³-hybridized carbons (Fsp3) is 1.00. The van der Waals surface area contributed by atoms with Crippen LogP contribution in [0.15, 0.2) is 0 Å². The summed E-state index contributed by atoms with van der Waals surface area (Å²) >= 11 is 1.64. The maximum absolute atomic E-state index is 2.30. The zero-order valence-corrected chi connectivity index (χ0v) is 13.3. The van der Waals surface area contributed by atoms with Crippen LogP contribution >= 0.6 is 0 Å². The average molecular weight is 305 g/mol. The van der Waals surface area contributed by atoms with E-state index in [0.29, 0.717) is 0 Å². The fourth-order valence-electron chi connectivity index (χ4n) is 2.20. The first-order chi connectivity index (χ1) is 6.39. The molecule has 3 nitrogen and oxygen atoms in total. The first-order valence-electron chi connectivity index (χ1n) is 5.06. The van der Waals surface area contributed by atoms with E-state index in [2.05, 4.69) is 57.0 Å². The van der Waals surface area contributed by atoms with Gasteiger partial charge in [-0.2, -0.15) is 0 Å². The Morgan fingerprint density at radius 1 is 0.857 bits per heavy atom. The zero-order chi connectivity index (χ0) is 11.4. The van der Waals surface area contributed by atoms with Crippen molar-refractivity contribution in [1.29, 1.82) is 0 Å². The van der Waals surface area contributed by atoms with E-state index in [1.807, 2.05) is 0 Å². The number of hydrogen-bond donors (Lipinski definition) is 0. The van der Waals surface area contributed by atoms with Crippen LogP contribution in [0.25, 0.3) is 0 Å². The quantitative estimate of drug-likeness (QED) is 0.528. The topological polar surface area (TPSA) is 9.72 Å². The molecule has 0 amide bonds. The van der Waals surface area contributed by atoms with Gasteiger partial charge in [0.1, 0.15) is 0 Å². The van der Waals surface area contributed by atoms with Crippen LogP contribution in [-0.4, -0.2) is 85.3 Å². The van der Waals surface area contributed by atoms with E-state index in [9.17, 15) is 0 Å². The van der Waals surface area contributed by atoms with Crippen LogP contribution in [0.4, 0.5) is 0 Å². The first kappa shape index (κ1) is 14.7. The van der Waals surface area contributed by atoms with Crippen molar-refractivity contribution in [2.45, 2.75) is 23.1 Å². The summed E-state index contributed by atoms with van der Waals surface area (Å²) in [7, 11) is 12.9. The molecular formula is C10H24N3Sn. The van der Waals surface area contributed by atoms with Gasteiger partial charge in [0.15, 0.2) is 0 Å². The number of rotatable bonds is 6. The van der Waals surface area contributed by atoms with Gasteiger partial charge in [-0.1, -0.05) is 0 Å². The first-order valence-corrected chi connectivity index (χ1v) is 7.08. The third-order valence-electron chi connectivity index (χ3n) is 2.84. The Labute approximate surface area is 103 Å². The minimum atomic E-state index is 0.0660. The number of nitrogens with zero attached hydrogens (tertiary/aromatic N) is 3. The van der Waals surface area contributed by atoms with Crippen LogP contribution in [0, 0.1) is 0 Å². The summed E-state index contributed by atoms with van der Waals surface area (Å²) in [4.78, 5) is 6.91. The molecule has 0 aromatic carbocycles. The van der Waals surface area contributed by atoms with E-state index < -0.39 is 0 Å². The Kier molecular flexibility index (Phi) is 6.61. The molecule has 0 heterocycles. The van der Waals surface area contributed by atoms with Gasteiger partial charge in [0.25, 0.3) is 0 Å². The molecule has 0 N–H and O–H groups in total. The van der Waals surface area contributed by atoms with Crippen molar-refractivity contribution in [1.82, 2.24) is 14.7 Å². The second kappa shape index (κ2) is 6.30. The third kappa shape index (κ3) is 3.08. The molecule has 0 aromatic heterocycles. The predicted molar refractivity (Wildman–Crippen MR) is 63.6 cm³/mol. The molecule has 0 saturated heterocycles. The van der Waals surface area contributed by atoms with Crippen LogP contribution in [0.3, 0.4) is 0 Å². The molecule has 14 heavy (non-hydrogen) atoms. The van der Waals surface area contributed by atoms with Crippen LogP contribution in [0.1, 0.15) is 12.8 Å². The molecule has 0 fully saturated rings. The van der Waals surface area contributed by atoms with Gasteiger partial charge in [-0.25, -0.2) is 0 Å². The summed E-state index contributed by atoms with van der Waals surface area (Å²) in [5, 5.41) is 0. The summed E-state index contributed by atoms with van der Waals surface area (Å²) in [5.41, 5.74) is 0. The SMILES string of the molecule is CN(C)C(CC[CH2][Sn])(N(C)C)N(C)C. The van der Waals surface area contributed by atoms with Crippen LogP contribution in [0.5, 0.6) is 0 Å². The van der Waals surface area contributed by atoms with Crippen molar-refractivity contribution in [3.05, 3.63) is 0 Å². The van der Waals surface area contributed by atoms with Gasteiger partial charge in [-0.3, -0.25) is 0 Å². The Hall–Kier alpha value is 0.679. The van der Waals surface area contributed by atoms with Crippen LogP contribution in [0.2, 0.25) is 4.44 Å². The molecule has 0 saturated carbocycles. The van der Waals surface area contributed by atoms with Gasteiger partial charge in [-0.15, -0.1) is 0 Å². The van der Waals surface area contributed by atoms with Gasteiger partial charge in [0, 0.05) is 0 Å². The predicted octanol–water partition coefficient (Wildman–Crippen LogP) is 0.692. The van der Waals surface area contributed by atoms with Gasteiger partial charge < -0.3 is 0 Å². The summed E-state index contributed by atoms with van der Waals surface area (Å²) in [6.45, 7) is 0. The molecule has 0 rings (SSSR count). The van der Waals surface area contributed by atoms with E-state index in [-0.39, 0.29) is 5.79 Å². The molecule has 0 aromatic rings. The molecule has 3 radical (unpaired) electrons. The van der Waals surface area contributed by atoms with E-state index >= 15 is 0 Å².